The molecule has 1 atom stereocenters. The molecule has 10 heteroatoms. The summed E-state index contributed by atoms with van der Waals surface area (Å²) in [5, 5.41) is 6.46. The summed E-state index contributed by atoms with van der Waals surface area (Å²) in [7, 11) is 5.50. The molecule has 10 nitrogen and oxygen atoms in total. The molecule has 1 aliphatic carbocycles. The summed E-state index contributed by atoms with van der Waals surface area (Å²) >= 11 is 0. The van der Waals surface area contributed by atoms with Crippen LogP contribution in [0, 0.1) is 0 Å². The van der Waals surface area contributed by atoms with Crippen molar-refractivity contribution in [2.24, 2.45) is 0 Å². The summed E-state index contributed by atoms with van der Waals surface area (Å²) in [6, 6.07) is 5.65. The second kappa shape index (κ2) is 11.8. The number of carbonyl (C=O) groups is 2. The van der Waals surface area contributed by atoms with Crippen molar-refractivity contribution < 1.29 is 14.3 Å². The number of anilines is 4. The first-order chi connectivity index (χ1) is 18.9. The third kappa shape index (κ3) is 5.66. The van der Waals surface area contributed by atoms with Crippen molar-refractivity contribution in [2.75, 3.05) is 49.4 Å². The molecule has 1 saturated heterocycles. The van der Waals surface area contributed by atoms with Crippen LogP contribution in [-0.2, 0) is 4.79 Å². The number of ether oxygens (including phenoxy) is 1. The SMILES string of the molecule is CCC[C@@H]1C(=O)N(C)c2cnc(Nc3ccc(C(=O)NC4CCN(C)CC4)cc3OC)nc2N1C1CCCC1. The highest BCUT2D eigenvalue weighted by Crippen LogP contribution is 2.40. The maximum Gasteiger partial charge on any atom is 0.251 e. The van der Waals surface area contributed by atoms with Gasteiger partial charge in [0.05, 0.1) is 19.0 Å². The van der Waals surface area contributed by atoms with E-state index in [2.05, 4.69) is 39.4 Å². The van der Waals surface area contributed by atoms with E-state index in [1.54, 1.807) is 30.3 Å². The third-order valence-electron chi connectivity index (χ3n) is 8.35. The van der Waals surface area contributed by atoms with E-state index in [1.807, 2.05) is 13.1 Å². The lowest BCUT2D eigenvalue weighted by molar-refractivity contribution is -0.120. The molecule has 3 aliphatic rings. The molecular weight excluding hydrogens is 494 g/mol. The van der Waals surface area contributed by atoms with Gasteiger partial charge in [-0.1, -0.05) is 26.2 Å². The van der Waals surface area contributed by atoms with Crippen LogP contribution in [0.4, 0.5) is 23.1 Å². The van der Waals surface area contributed by atoms with E-state index in [1.165, 1.54) is 12.8 Å². The number of rotatable bonds is 8. The van der Waals surface area contributed by atoms with Gasteiger partial charge in [-0.2, -0.15) is 4.98 Å². The van der Waals surface area contributed by atoms with Crippen molar-refractivity contribution in [1.82, 2.24) is 20.2 Å². The highest BCUT2D eigenvalue weighted by atomic mass is 16.5. The van der Waals surface area contributed by atoms with Gasteiger partial charge in [0.2, 0.25) is 11.9 Å². The minimum absolute atomic E-state index is 0.0960. The van der Waals surface area contributed by atoms with Gasteiger partial charge in [-0.3, -0.25) is 9.59 Å². The maximum absolute atomic E-state index is 13.3. The molecule has 1 saturated carbocycles. The average Bonchev–Trinajstić information content (AvgIpc) is 3.48. The number of hydrogen-bond donors (Lipinski definition) is 2. The monoisotopic (exact) mass is 535 g/mol. The van der Waals surface area contributed by atoms with E-state index < -0.39 is 0 Å². The summed E-state index contributed by atoms with van der Waals surface area (Å²) in [6.07, 6.45) is 9.82. The molecule has 2 aliphatic heterocycles. The van der Waals surface area contributed by atoms with Crippen molar-refractivity contribution in [3.8, 4) is 5.75 Å². The zero-order valence-electron chi connectivity index (χ0n) is 23.6. The standard InChI is InChI=1S/C29H41N7O3/c1-5-8-23-28(38)35(3)24-18-30-29(33-26(24)36(23)21-9-6-7-10-21)32-22-12-11-19(17-25(22)39-4)27(37)31-20-13-15-34(2)16-14-20/h11-12,17-18,20-21,23H,5-10,13-16H2,1-4H3,(H,31,37)(H,30,32,33)/t23-/m1/s1. The van der Waals surface area contributed by atoms with E-state index in [4.69, 9.17) is 9.72 Å². The fourth-order valence-electron chi connectivity index (χ4n) is 6.09. The van der Waals surface area contributed by atoms with Crippen molar-refractivity contribution in [3.63, 3.8) is 0 Å². The van der Waals surface area contributed by atoms with Crippen LogP contribution in [0.2, 0.25) is 0 Å². The fraction of sp³-hybridized carbons (Fsp3) is 0.586. The Morgan fingerprint density at radius 3 is 2.56 bits per heavy atom. The van der Waals surface area contributed by atoms with E-state index in [9.17, 15) is 9.59 Å². The quantitative estimate of drug-likeness (QED) is 0.524. The number of benzene rings is 1. The Morgan fingerprint density at radius 2 is 1.87 bits per heavy atom. The number of nitrogens with one attached hydrogen (secondary N) is 2. The lowest BCUT2D eigenvalue weighted by Crippen LogP contribution is -2.55. The molecule has 1 aromatic heterocycles. The Balaban J connectivity index is 1.38. The molecule has 2 fully saturated rings. The number of carbonyl (C=O) groups excluding carboxylic acids is 2. The van der Waals surface area contributed by atoms with Crippen molar-refractivity contribution >= 4 is 35.0 Å². The Labute approximate surface area is 231 Å². The van der Waals surface area contributed by atoms with Crippen LogP contribution in [-0.4, -0.2) is 79.1 Å². The van der Waals surface area contributed by atoms with Crippen molar-refractivity contribution in [3.05, 3.63) is 30.0 Å². The summed E-state index contributed by atoms with van der Waals surface area (Å²) in [5.74, 6) is 1.78. The molecule has 1 aromatic carbocycles. The Bertz CT molecular complexity index is 1190. The zero-order valence-corrected chi connectivity index (χ0v) is 23.6. The normalized spacial score (nSPS) is 20.7. The number of likely N-dealkylation sites (N-methyl/N-ethyl adjacent to an activating group) is 1. The van der Waals surface area contributed by atoms with Gasteiger partial charge in [0.15, 0.2) is 5.82 Å². The molecular formula is C29H41N7O3. The molecule has 5 rings (SSSR count). The van der Waals surface area contributed by atoms with Crippen molar-refractivity contribution in [2.45, 2.75) is 76.4 Å². The second-order valence-electron chi connectivity index (χ2n) is 11.0. The predicted molar refractivity (Wildman–Crippen MR) is 153 cm³/mol. The summed E-state index contributed by atoms with van der Waals surface area (Å²) < 4.78 is 5.64. The topological polar surface area (TPSA) is 103 Å². The molecule has 2 aromatic rings. The van der Waals surface area contributed by atoms with Gasteiger partial charge in [-0.05, 0) is 70.4 Å². The minimum atomic E-state index is -0.213. The number of piperidine rings is 1. The van der Waals surface area contributed by atoms with Crippen LogP contribution in [0.15, 0.2) is 24.4 Å². The number of methoxy groups -OCH3 is 1. The van der Waals surface area contributed by atoms with Crippen LogP contribution < -0.4 is 25.2 Å². The third-order valence-corrected chi connectivity index (χ3v) is 8.35. The first-order valence-corrected chi connectivity index (χ1v) is 14.3. The fourth-order valence-corrected chi connectivity index (χ4v) is 6.09. The molecule has 39 heavy (non-hydrogen) atoms. The molecule has 2 amide bonds. The number of aromatic nitrogens is 2. The van der Waals surface area contributed by atoms with Gasteiger partial charge < -0.3 is 30.1 Å². The molecule has 0 spiro atoms. The number of likely N-dealkylation sites (tertiary alicyclic amines) is 1. The minimum Gasteiger partial charge on any atom is -0.495 e. The first-order valence-electron chi connectivity index (χ1n) is 14.3. The van der Waals surface area contributed by atoms with E-state index in [0.717, 1.165) is 63.1 Å². The van der Waals surface area contributed by atoms with E-state index in [-0.39, 0.29) is 23.9 Å². The molecule has 0 radical (unpaired) electrons. The number of amides is 2. The molecule has 0 unspecified atom stereocenters. The summed E-state index contributed by atoms with van der Waals surface area (Å²) in [4.78, 5) is 41.9. The first kappa shape index (κ1) is 27.2. The molecule has 0 bridgehead atoms. The van der Waals surface area contributed by atoms with Gasteiger partial charge in [-0.25, -0.2) is 4.98 Å². The van der Waals surface area contributed by atoms with Crippen LogP contribution in [0.25, 0.3) is 0 Å². The van der Waals surface area contributed by atoms with Crippen LogP contribution in [0.5, 0.6) is 5.75 Å². The van der Waals surface area contributed by atoms with Gasteiger partial charge in [0, 0.05) is 24.7 Å². The lowest BCUT2D eigenvalue weighted by Gasteiger charge is -2.43. The van der Waals surface area contributed by atoms with Crippen LogP contribution >= 0.6 is 0 Å². The average molecular weight is 536 g/mol. The molecule has 2 N–H and O–H groups in total. The lowest BCUT2D eigenvalue weighted by atomic mass is 10.0. The number of nitrogens with zero attached hydrogens (tertiary/aromatic N) is 5. The smallest absolute Gasteiger partial charge is 0.251 e. The van der Waals surface area contributed by atoms with Gasteiger partial charge in [-0.15, -0.1) is 0 Å². The number of fused-ring (bicyclic) bond motifs is 1. The van der Waals surface area contributed by atoms with E-state index in [0.29, 0.717) is 29.0 Å². The molecule has 210 valence electrons. The van der Waals surface area contributed by atoms with Gasteiger partial charge in [0.1, 0.15) is 17.5 Å². The molecule has 3 heterocycles. The Hall–Kier alpha value is -3.40. The highest BCUT2D eigenvalue weighted by Gasteiger charge is 2.41. The predicted octanol–water partition coefficient (Wildman–Crippen LogP) is 3.95. The van der Waals surface area contributed by atoms with Crippen molar-refractivity contribution in [1.29, 1.82) is 0 Å². The van der Waals surface area contributed by atoms with Gasteiger partial charge in [0.25, 0.3) is 5.91 Å². The van der Waals surface area contributed by atoms with Crippen LogP contribution in [0.1, 0.15) is 68.6 Å². The summed E-state index contributed by atoms with van der Waals surface area (Å²) in [6.45, 7) is 4.09. The largest absolute Gasteiger partial charge is 0.495 e. The maximum atomic E-state index is 13.3. The Kier molecular flexibility index (Phi) is 8.20. The van der Waals surface area contributed by atoms with E-state index >= 15 is 0 Å². The second-order valence-corrected chi connectivity index (χ2v) is 11.0. The zero-order chi connectivity index (χ0) is 27.5. The number of hydrogen-bond acceptors (Lipinski definition) is 8. The Morgan fingerprint density at radius 1 is 1.13 bits per heavy atom. The van der Waals surface area contributed by atoms with Gasteiger partial charge >= 0.3 is 0 Å². The summed E-state index contributed by atoms with van der Waals surface area (Å²) in [5.41, 5.74) is 1.96. The highest BCUT2D eigenvalue weighted by molar-refractivity contribution is 6.04. The van der Waals surface area contributed by atoms with Crippen LogP contribution in [0.3, 0.4) is 0 Å².